The summed E-state index contributed by atoms with van der Waals surface area (Å²) in [7, 11) is 0. The number of nitrogens with one attached hydrogen (secondary N) is 4. The number of amides is 4. The van der Waals surface area contributed by atoms with Crippen molar-refractivity contribution in [3.8, 4) is 0 Å². The lowest BCUT2D eigenvalue weighted by Crippen LogP contribution is -2.49. The molecule has 164 valence electrons. The number of primary amides is 1. The molecule has 0 aliphatic rings. The number of benzene rings is 1. The second-order valence-corrected chi connectivity index (χ2v) is 8.05. The van der Waals surface area contributed by atoms with Gasteiger partial charge in [-0.1, -0.05) is 18.2 Å². The SMILES string of the molecule is CC(C)(C)OC(=O)NC(Cc1c[nH]c2ccccc12)C(=O)NCCCCNC(N)=O. The zero-order valence-electron chi connectivity index (χ0n) is 17.7. The fourth-order valence-corrected chi connectivity index (χ4v) is 2.98. The van der Waals surface area contributed by atoms with Crippen molar-refractivity contribution in [2.75, 3.05) is 13.1 Å². The van der Waals surface area contributed by atoms with Gasteiger partial charge in [0, 0.05) is 36.6 Å². The molecule has 0 spiro atoms. The maximum atomic E-state index is 12.8. The van der Waals surface area contributed by atoms with E-state index in [1.807, 2.05) is 30.5 Å². The number of ether oxygens (including phenoxy) is 1. The first-order valence-electron chi connectivity index (χ1n) is 10.0. The number of unbranched alkanes of at least 4 members (excludes halogenated alkanes) is 1. The first-order chi connectivity index (χ1) is 14.2. The first kappa shape index (κ1) is 23.1. The Kier molecular flexibility index (Phi) is 8.08. The highest BCUT2D eigenvalue weighted by atomic mass is 16.6. The number of aromatic amines is 1. The lowest BCUT2D eigenvalue weighted by molar-refractivity contribution is -0.123. The standard InChI is InChI=1S/C21H31N5O4/c1-21(2,3)30-20(29)26-17(18(27)23-10-6-7-11-24-19(22)28)12-14-13-25-16-9-5-4-8-15(14)16/h4-5,8-9,13,17,25H,6-7,10-12H2,1-3H3,(H,23,27)(H,26,29)(H3,22,24,28). The molecule has 9 nitrogen and oxygen atoms in total. The second-order valence-electron chi connectivity index (χ2n) is 8.05. The maximum absolute atomic E-state index is 12.8. The van der Waals surface area contributed by atoms with Crippen LogP contribution in [0.5, 0.6) is 0 Å². The lowest BCUT2D eigenvalue weighted by atomic mass is 10.0. The van der Waals surface area contributed by atoms with Crippen molar-refractivity contribution in [1.82, 2.24) is 20.9 Å². The van der Waals surface area contributed by atoms with Crippen molar-refractivity contribution in [3.63, 3.8) is 0 Å². The molecule has 0 aliphatic heterocycles. The number of hydrogen-bond donors (Lipinski definition) is 5. The van der Waals surface area contributed by atoms with Crippen LogP contribution < -0.4 is 21.7 Å². The van der Waals surface area contributed by atoms with Crippen LogP contribution in [-0.4, -0.2) is 47.7 Å². The van der Waals surface area contributed by atoms with Crippen molar-refractivity contribution in [2.45, 2.75) is 51.7 Å². The van der Waals surface area contributed by atoms with Gasteiger partial charge in [-0.2, -0.15) is 0 Å². The highest BCUT2D eigenvalue weighted by molar-refractivity contribution is 5.88. The third kappa shape index (κ3) is 7.65. The molecule has 1 atom stereocenters. The molecule has 9 heteroatoms. The number of urea groups is 1. The number of carbonyl (C=O) groups is 3. The predicted octanol–water partition coefficient (Wildman–Crippen LogP) is 2.17. The Bertz CT molecular complexity index is 872. The molecule has 0 aliphatic carbocycles. The summed E-state index contributed by atoms with van der Waals surface area (Å²) >= 11 is 0. The molecule has 6 N–H and O–H groups in total. The zero-order chi connectivity index (χ0) is 22.1. The van der Waals surface area contributed by atoms with Crippen LogP contribution in [0.2, 0.25) is 0 Å². The highest BCUT2D eigenvalue weighted by Crippen LogP contribution is 2.19. The van der Waals surface area contributed by atoms with Crippen molar-refractivity contribution in [2.24, 2.45) is 5.73 Å². The summed E-state index contributed by atoms with van der Waals surface area (Å²) in [5.41, 5.74) is 6.23. The van der Waals surface area contributed by atoms with E-state index in [0.717, 1.165) is 16.5 Å². The average Bonchev–Trinajstić information content (AvgIpc) is 3.05. The monoisotopic (exact) mass is 417 g/mol. The minimum Gasteiger partial charge on any atom is -0.444 e. The molecule has 2 aromatic rings. The van der Waals surface area contributed by atoms with Gasteiger partial charge < -0.3 is 31.4 Å². The molecule has 0 bridgehead atoms. The summed E-state index contributed by atoms with van der Waals surface area (Å²) in [6.45, 7) is 6.16. The van der Waals surface area contributed by atoms with Gasteiger partial charge in [0.05, 0.1) is 0 Å². The molecule has 4 amide bonds. The topological polar surface area (TPSA) is 138 Å². The van der Waals surface area contributed by atoms with Crippen molar-refractivity contribution >= 4 is 28.9 Å². The van der Waals surface area contributed by atoms with Gasteiger partial charge in [0.1, 0.15) is 11.6 Å². The predicted molar refractivity (Wildman–Crippen MR) is 115 cm³/mol. The molecular weight excluding hydrogens is 386 g/mol. The molecular formula is C21H31N5O4. The molecule has 30 heavy (non-hydrogen) atoms. The van der Waals surface area contributed by atoms with E-state index >= 15 is 0 Å². The third-order valence-electron chi connectivity index (χ3n) is 4.31. The van der Waals surface area contributed by atoms with Crippen LogP contribution in [0.25, 0.3) is 10.9 Å². The zero-order valence-corrected chi connectivity index (χ0v) is 17.7. The lowest BCUT2D eigenvalue weighted by Gasteiger charge is -2.23. The second kappa shape index (κ2) is 10.5. The first-order valence-corrected chi connectivity index (χ1v) is 10.0. The van der Waals surface area contributed by atoms with Gasteiger partial charge in [0.25, 0.3) is 0 Å². The minimum atomic E-state index is -0.789. The molecule has 1 aromatic carbocycles. The Balaban J connectivity index is 2.00. The van der Waals surface area contributed by atoms with Gasteiger partial charge in [-0.15, -0.1) is 0 Å². The summed E-state index contributed by atoms with van der Waals surface area (Å²) in [6, 6.07) is 6.42. The van der Waals surface area contributed by atoms with Crippen LogP contribution in [0, 0.1) is 0 Å². The Morgan fingerprint density at radius 3 is 2.43 bits per heavy atom. The van der Waals surface area contributed by atoms with Crippen LogP contribution in [0.3, 0.4) is 0 Å². The van der Waals surface area contributed by atoms with E-state index in [2.05, 4.69) is 20.9 Å². The number of hydrogen-bond acceptors (Lipinski definition) is 4. The fraction of sp³-hybridized carbons (Fsp3) is 0.476. The van der Waals surface area contributed by atoms with Gasteiger partial charge in [-0.05, 0) is 45.2 Å². The van der Waals surface area contributed by atoms with E-state index in [4.69, 9.17) is 10.5 Å². The summed E-state index contributed by atoms with van der Waals surface area (Å²) < 4.78 is 5.32. The van der Waals surface area contributed by atoms with Gasteiger partial charge in [-0.3, -0.25) is 4.79 Å². The smallest absolute Gasteiger partial charge is 0.408 e. The fourth-order valence-electron chi connectivity index (χ4n) is 2.98. The van der Waals surface area contributed by atoms with Crippen LogP contribution in [0.15, 0.2) is 30.5 Å². The summed E-state index contributed by atoms with van der Waals surface area (Å²) in [5, 5.41) is 9.02. The number of fused-ring (bicyclic) bond motifs is 1. The molecule has 2 rings (SSSR count). The molecule has 1 unspecified atom stereocenters. The van der Waals surface area contributed by atoms with E-state index in [1.54, 1.807) is 20.8 Å². The van der Waals surface area contributed by atoms with Gasteiger partial charge in [0.2, 0.25) is 5.91 Å². The summed E-state index contributed by atoms with van der Waals surface area (Å²) in [6.07, 6.45) is 2.86. The normalized spacial score (nSPS) is 12.2. The van der Waals surface area contributed by atoms with Crippen LogP contribution in [0.4, 0.5) is 9.59 Å². The van der Waals surface area contributed by atoms with E-state index in [1.165, 1.54) is 0 Å². The number of H-pyrrole nitrogens is 1. The number of carbonyl (C=O) groups excluding carboxylic acids is 3. The van der Waals surface area contributed by atoms with Crippen LogP contribution >= 0.6 is 0 Å². The van der Waals surface area contributed by atoms with Crippen LogP contribution in [0.1, 0.15) is 39.2 Å². The molecule has 0 saturated carbocycles. The van der Waals surface area contributed by atoms with Crippen molar-refractivity contribution in [3.05, 3.63) is 36.0 Å². The van der Waals surface area contributed by atoms with Crippen LogP contribution in [-0.2, 0) is 16.0 Å². The van der Waals surface area contributed by atoms with Gasteiger partial charge >= 0.3 is 12.1 Å². The summed E-state index contributed by atoms with van der Waals surface area (Å²) in [5.74, 6) is -0.297. The highest BCUT2D eigenvalue weighted by Gasteiger charge is 2.25. The van der Waals surface area contributed by atoms with E-state index in [-0.39, 0.29) is 5.91 Å². The van der Waals surface area contributed by atoms with E-state index in [9.17, 15) is 14.4 Å². The number of nitrogens with two attached hydrogens (primary N) is 1. The van der Waals surface area contributed by atoms with Crippen molar-refractivity contribution < 1.29 is 19.1 Å². The van der Waals surface area contributed by atoms with Gasteiger partial charge in [-0.25, -0.2) is 9.59 Å². The quantitative estimate of drug-likeness (QED) is 0.399. The molecule has 0 radical (unpaired) electrons. The molecule has 0 saturated heterocycles. The largest absolute Gasteiger partial charge is 0.444 e. The Morgan fingerprint density at radius 2 is 1.77 bits per heavy atom. The Morgan fingerprint density at radius 1 is 1.10 bits per heavy atom. The number of aromatic nitrogens is 1. The Hall–Kier alpha value is -3.23. The van der Waals surface area contributed by atoms with E-state index < -0.39 is 23.8 Å². The number of alkyl carbamates (subject to hydrolysis) is 1. The number of rotatable bonds is 9. The molecule has 1 heterocycles. The Labute approximate surface area is 176 Å². The van der Waals surface area contributed by atoms with Gasteiger partial charge in [0.15, 0.2) is 0 Å². The maximum Gasteiger partial charge on any atom is 0.408 e. The minimum absolute atomic E-state index is 0.297. The third-order valence-corrected chi connectivity index (χ3v) is 4.31. The van der Waals surface area contributed by atoms with E-state index in [0.29, 0.717) is 32.4 Å². The molecule has 0 fully saturated rings. The molecule has 1 aromatic heterocycles. The number of para-hydroxylation sites is 1. The van der Waals surface area contributed by atoms with Crippen molar-refractivity contribution in [1.29, 1.82) is 0 Å². The summed E-state index contributed by atoms with van der Waals surface area (Å²) in [4.78, 5) is 38.9. The average molecular weight is 418 g/mol.